The molecule has 8 heteroatoms. The van der Waals surface area contributed by atoms with Gasteiger partial charge in [0.15, 0.2) is 0 Å². The number of hydrogen-bond donors (Lipinski definition) is 2. The van der Waals surface area contributed by atoms with Crippen molar-refractivity contribution in [3.05, 3.63) is 34.9 Å². The molecule has 0 aliphatic heterocycles. The molecule has 1 aromatic rings. The molecule has 0 aliphatic carbocycles. The lowest BCUT2D eigenvalue weighted by molar-refractivity contribution is -0.138. The minimum absolute atomic E-state index is 0.129. The summed E-state index contributed by atoms with van der Waals surface area (Å²) in [4.78, 5) is 10.4. The van der Waals surface area contributed by atoms with Gasteiger partial charge in [-0.3, -0.25) is 4.79 Å². The average molecular weight is 319 g/mol. The van der Waals surface area contributed by atoms with E-state index in [4.69, 9.17) is 22.4 Å². The standard InChI is InChI=1S/C12H15ClN2O4S/c13-10-3-1-9(2-4-10)6-8-20(18,19)15-7-5-11(14)12(16)17/h1-4,7,11H,5-6,8,14H2,(H,16,17)/t11-/m0/s1. The molecule has 0 unspecified atom stereocenters. The molecule has 1 atom stereocenters. The van der Waals surface area contributed by atoms with Crippen LogP contribution in [0.25, 0.3) is 0 Å². The van der Waals surface area contributed by atoms with Gasteiger partial charge < -0.3 is 10.8 Å². The van der Waals surface area contributed by atoms with Gasteiger partial charge in [-0.15, -0.1) is 0 Å². The molecule has 0 saturated heterocycles. The molecule has 0 saturated carbocycles. The first-order chi connectivity index (χ1) is 9.30. The number of carboxylic acids is 1. The number of benzene rings is 1. The average Bonchev–Trinajstić information content (AvgIpc) is 2.37. The molecule has 1 rings (SSSR count). The van der Waals surface area contributed by atoms with E-state index in [1.165, 1.54) is 0 Å². The van der Waals surface area contributed by atoms with Crippen molar-refractivity contribution < 1.29 is 18.3 Å². The van der Waals surface area contributed by atoms with Crippen molar-refractivity contribution >= 4 is 33.8 Å². The number of sulfonamides is 1. The predicted octanol–water partition coefficient (Wildman–Crippen LogP) is 1.09. The zero-order valence-corrected chi connectivity index (χ0v) is 12.1. The Morgan fingerprint density at radius 1 is 1.40 bits per heavy atom. The number of nitrogens with two attached hydrogens (primary N) is 1. The fraction of sp³-hybridized carbons (Fsp3) is 0.333. The molecule has 0 aromatic heterocycles. The van der Waals surface area contributed by atoms with Crippen LogP contribution in [0.4, 0.5) is 0 Å². The molecular formula is C12H15ClN2O4S. The summed E-state index contributed by atoms with van der Waals surface area (Å²) in [5.74, 6) is -1.36. The van der Waals surface area contributed by atoms with E-state index in [-0.39, 0.29) is 12.2 Å². The van der Waals surface area contributed by atoms with Gasteiger partial charge in [-0.25, -0.2) is 8.42 Å². The molecular weight excluding hydrogens is 304 g/mol. The van der Waals surface area contributed by atoms with Crippen LogP contribution in [0, 0.1) is 0 Å². The number of aliphatic carboxylic acids is 1. The van der Waals surface area contributed by atoms with Gasteiger partial charge in [0, 0.05) is 17.7 Å². The first kappa shape index (κ1) is 16.6. The molecule has 0 aliphatic rings. The SMILES string of the molecule is N[C@@H](CC=NS(=O)(=O)CCc1ccc(Cl)cc1)C(=O)O. The van der Waals surface area contributed by atoms with Gasteiger partial charge >= 0.3 is 5.97 Å². The van der Waals surface area contributed by atoms with Crippen LogP contribution in [-0.4, -0.2) is 37.5 Å². The first-order valence-corrected chi connectivity index (χ1v) is 7.78. The largest absolute Gasteiger partial charge is 0.480 e. The summed E-state index contributed by atoms with van der Waals surface area (Å²) in [6.45, 7) is 0. The third-order valence-electron chi connectivity index (χ3n) is 2.47. The zero-order valence-electron chi connectivity index (χ0n) is 10.6. The van der Waals surface area contributed by atoms with Crippen molar-refractivity contribution in [3.8, 4) is 0 Å². The van der Waals surface area contributed by atoms with Gasteiger partial charge in [-0.1, -0.05) is 23.7 Å². The molecule has 0 fully saturated rings. The van der Waals surface area contributed by atoms with Gasteiger partial charge in [0.25, 0.3) is 10.0 Å². The third-order valence-corrected chi connectivity index (χ3v) is 3.92. The predicted molar refractivity (Wildman–Crippen MR) is 77.7 cm³/mol. The summed E-state index contributed by atoms with van der Waals surface area (Å²) in [5.41, 5.74) is 6.06. The van der Waals surface area contributed by atoms with Gasteiger partial charge in [0.2, 0.25) is 0 Å². The molecule has 0 radical (unpaired) electrons. The van der Waals surface area contributed by atoms with E-state index < -0.39 is 22.0 Å². The smallest absolute Gasteiger partial charge is 0.320 e. The normalized spacial score (nSPS) is 13.5. The third kappa shape index (κ3) is 6.14. The fourth-order valence-electron chi connectivity index (χ4n) is 1.32. The van der Waals surface area contributed by atoms with Crippen LogP contribution >= 0.6 is 11.6 Å². The maximum Gasteiger partial charge on any atom is 0.320 e. The second kappa shape index (κ2) is 7.37. The Morgan fingerprint density at radius 3 is 2.55 bits per heavy atom. The van der Waals surface area contributed by atoms with E-state index in [1.54, 1.807) is 24.3 Å². The Balaban J connectivity index is 2.51. The van der Waals surface area contributed by atoms with E-state index in [0.29, 0.717) is 11.4 Å². The number of rotatable bonds is 7. The van der Waals surface area contributed by atoms with E-state index >= 15 is 0 Å². The first-order valence-electron chi connectivity index (χ1n) is 5.79. The van der Waals surface area contributed by atoms with Crippen LogP contribution in [-0.2, 0) is 21.2 Å². The van der Waals surface area contributed by atoms with Gasteiger partial charge in [-0.05, 0) is 24.1 Å². The summed E-state index contributed by atoms with van der Waals surface area (Å²) < 4.78 is 26.6. The lowest BCUT2D eigenvalue weighted by Crippen LogP contribution is -2.30. The zero-order chi connectivity index (χ0) is 15.2. The summed E-state index contributed by atoms with van der Waals surface area (Å²) in [5, 5.41) is 9.12. The monoisotopic (exact) mass is 318 g/mol. The second-order valence-electron chi connectivity index (χ2n) is 4.13. The molecule has 20 heavy (non-hydrogen) atoms. The fourth-order valence-corrected chi connectivity index (χ4v) is 2.36. The van der Waals surface area contributed by atoms with E-state index in [2.05, 4.69) is 4.40 Å². The molecule has 6 nitrogen and oxygen atoms in total. The van der Waals surface area contributed by atoms with Crippen LogP contribution < -0.4 is 5.73 Å². The van der Waals surface area contributed by atoms with Gasteiger partial charge in [0.1, 0.15) is 6.04 Å². The second-order valence-corrected chi connectivity index (χ2v) is 6.35. The molecule has 110 valence electrons. The van der Waals surface area contributed by atoms with Crippen LogP contribution in [0.3, 0.4) is 0 Å². The van der Waals surface area contributed by atoms with Crippen LogP contribution in [0.1, 0.15) is 12.0 Å². The molecule has 1 aromatic carbocycles. The molecule has 3 N–H and O–H groups in total. The lowest BCUT2D eigenvalue weighted by Gasteiger charge is -2.02. The summed E-state index contributed by atoms with van der Waals surface area (Å²) in [6, 6.07) is 5.69. The Morgan fingerprint density at radius 2 is 2.00 bits per heavy atom. The number of nitrogens with zero attached hydrogens (tertiary/aromatic N) is 1. The minimum Gasteiger partial charge on any atom is -0.480 e. The lowest BCUT2D eigenvalue weighted by atomic mass is 10.2. The number of carboxylic acid groups (broad SMARTS) is 1. The van der Waals surface area contributed by atoms with Gasteiger partial charge in [-0.2, -0.15) is 4.40 Å². The van der Waals surface area contributed by atoms with Crippen molar-refractivity contribution in [2.75, 3.05) is 5.75 Å². The summed E-state index contributed by atoms with van der Waals surface area (Å²) >= 11 is 5.72. The summed E-state index contributed by atoms with van der Waals surface area (Å²) in [7, 11) is -3.62. The topological polar surface area (TPSA) is 110 Å². The van der Waals surface area contributed by atoms with E-state index in [0.717, 1.165) is 11.8 Å². The molecule has 0 spiro atoms. The van der Waals surface area contributed by atoms with Crippen molar-refractivity contribution in [1.82, 2.24) is 0 Å². The van der Waals surface area contributed by atoms with Crippen molar-refractivity contribution in [1.29, 1.82) is 0 Å². The number of hydrogen-bond acceptors (Lipinski definition) is 4. The highest BCUT2D eigenvalue weighted by Crippen LogP contribution is 2.10. The quantitative estimate of drug-likeness (QED) is 0.731. The highest BCUT2D eigenvalue weighted by atomic mass is 35.5. The van der Waals surface area contributed by atoms with Crippen LogP contribution in [0.15, 0.2) is 28.7 Å². The van der Waals surface area contributed by atoms with Gasteiger partial charge in [0.05, 0.1) is 5.75 Å². The Kier molecular flexibility index (Phi) is 6.12. The molecule has 0 heterocycles. The Labute approximate surface area is 122 Å². The maximum atomic E-state index is 11.6. The number of carbonyl (C=O) groups is 1. The Hall–Kier alpha value is -1.44. The molecule has 0 bridgehead atoms. The number of aryl methyl sites for hydroxylation is 1. The molecule has 0 amide bonds. The number of halogens is 1. The minimum atomic E-state index is -3.62. The van der Waals surface area contributed by atoms with Crippen molar-refractivity contribution in [2.24, 2.45) is 10.1 Å². The van der Waals surface area contributed by atoms with E-state index in [9.17, 15) is 13.2 Å². The Bertz CT molecular complexity index is 584. The summed E-state index contributed by atoms with van der Waals surface area (Å²) in [6.07, 6.45) is 1.20. The van der Waals surface area contributed by atoms with Crippen molar-refractivity contribution in [2.45, 2.75) is 18.9 Å². The maximum absolute atomic E-state index is 11.6. The highest BCUT2D eigenvalue weighted by molar-refractivity contribution is 7.90. The van der Waals surface area contributed by atoms with Crippen LogP contribution in [0.2, 0.25) is 5.02 Å². The van der Waals surface area contributed by atoms with Crippen molar-refractivity contribution in [3.63, 3.8) is 0 Å². The van der Waals surface area contributed by atoms with Crippen LogP contribution in [0.5, 0.6) is 0 Å². The van der Waals surface area contributed by atoms with E-state index in [1.807, 2.05) is 0 Å². The highest BCUT2D eigenvalue weighted by Gasteiger charge is 2.11.